The van der Waals surface area contributed by atoms with Crippen molar-refractivity contribution >= 4 is 0 Å². The van der Waals surface area contributed by atoms with Crippen molar-refractivity contribution in [1.29, 1.82) is 0 Å². The first-order valence-corrected chi connectivity index (χ1v) is 7.92. The molecule has 0 saturated carbocycles. The van der Waals surface area contributed by atoms with Gasteiger partial charge in [-0.1, -0.05) is 50.5 Å². The lowest BCUT2D eigenvalue weighted by Gasteiger charge is -2.31. The fourth-order valence-electron chi connectivity index (χ4n) is 2.95. The van der Waals surface area contributed by atoms with E-state index >= 15 is 0 Å². The second kappa shape index (κ2) is 8.43. The van der Waals surface area contributed by atoms with Crippen LogP contribution in [-0.2, 0) is 6.54 Å². The van der Waals surface area contributed by atoms with Gasteiger partial charge in [0, 0.05) is 19.1 Å². The molecule has 1 aromatic rings. The molecule has 0 aliphatic rings. The molecule has 0 saturated heterocycles. The normalized spacial score (nSPS) is 13.2. The number of rotatable bonds is 8. The van der Waals surface area contributed by atoms with Crippen molar-refractivity contribution in [3.63, 3.8) is 0 Å². The largest absolute Gasteiger partial charge is 0.311 e. The van der Waals surface area contributed by atoms with Crippen LogP contribution in [0.4, 0.5) is 0 Å². The molecule has 1 atom stereocenters. The highest BCUT2D eigenvalue weighted by Crippen LogP contribution is 2.17. The van der Waals surface area contributed by atoms with Gasteiger partial charge in [-0.05, 0) is 45.0 Å². The Morgan fingerprint density at radius 1 is 1.10 bits per heavy atom. The van der Waals surface area contributed by atoms with Crippen LogP contribution in [0, 0.1) is 19.8 Å². The third kappa shape index (κ3) is 4.92. The molecule has 0 aliphatic carbocycles. The van der Waals surface area contributed by atoms with Gasteiger partial charge in [-0.15, -0.1) is 0 Å². The van der Waals surface area contributed by atoms with Crippen LogP contribution in [0.15, 0.2) is 18.2 Å². The van der Waals surface area contributed by atoms with Gasteiger partial charge in [0.05, 0.1) is 0 Å². The molecule has 20 heavy (non-hydrogen) atoms. The van der Waals surface area contributed by atoms with Crippen molar-refractivity contribution in [3.05, 3.63) is 34.9 Å². The second-order valence-electron chi connectivity index (χ2n) is 6.17. The zero-order valence-electron chi connectivity index (χ0n) is 14.2. The van der Waals surface area contributed by atoms with Gasteiger partial charge in [0.1, 0.15) is 0 Å². The van der Waals surface area contributed by atoms with Crippen LogP contribution < -0.4 is 5.32 Å². The summed E-state index contributed by atoms with van der Waals surface area (Å²) in [6.45, 7) is 11.0. The molecule has 2 heteroatoms. The molecule has 0 aliphatic heterocycles. The lowest BCUT2D eigenvalue weighted by atomic mass is 9.93. The van der Waals surface area contributed by atoms with Gasteiger partial charge in [0.15, 0.2) is 0 Å². The molecule has 0 aromatic heterocycles. The number of benzene rings is 1. The molecule has 0 heterocycles. The SMILES string of the molecule is CCC(CC)C(CNCc1cc(C)ccc1C)N(C)C. The summed E-state index contributed by atoms with van der Waals surface area (Å²) in [7, 11) is 4.39. The van der Waals surface area contributed by atoms with E-state index in [0.29, 0.717) is 6.04 Å². The molecule has 1 N–H and O–H groups in total. The smallest absolute Gasteiger partial charge is 0.0242 e. The average molecular weight is 276 g/mol. The number of nitrogens with one attached hydrogen (secondary N) is 1. The van der Waals surface area contributed by atoms with E-state index in [1.165, 1.54) is 29.5 Å². The first-order valence-electron chi connectivity index (χ1n) is 7.92. The summed E-state index contributed by atoms with van der Waals surface area (Å²) >= 11 is 0. The van der Waals surface area contributed by atoms with Gasteiger partial charge in [-0.2, -0.15) is 0 Å². The second-order valence-corrected chi connectivity index (χ2v) is 6.17. The third-order valence-corrected chi connectivity index (χ3v) is 4.43. The zero-order chi connectivity index (χ0) is 15.1. The van der Waals surface area contributed by atoms with Crippen molar-refractivity contribution in [2.45, 2.75) is 53.1 Å². The fraction of sp³-hybridized carbons (Fsp3) is 0.667. The molecule has 1 rings (SSSR count). The number of hydrogen-bond donors (Lipinski definition) is 1. The molecule has 0 amide bonds. The Labute approximate surface area is 125 Å². The summed E-state index contributed by atoms with van der Waals surface area (Å²) in [6.07, 6.45) is 2.51. The van der Waals surface area contributed by atoms with E-state index < -0.39 is 0 Å². The summed E-state index contributed by atoms with van der Waals surface area (Å²) in [5, 5.41) is 3.66. The molecule has 0 spiro atoms. The molecule has 0 bridgehead atoms. The third-order valence-electron chi connectivity index (χ3n) is 4.43. The molecule has 0 radical (unpaired) electrons. The average Bonchev–Trinajstić information content (AvgIpc) is 2.41. The van der Waals surface area contributed by atoms with Crippen LogP contribution in [0.3, 0.4) is 0 Å². The minimum Gasteiger partial charge on any atom is -0.311 e. The van der Waals surface area contributed by atoms with Crippen molar-refractivity contribution in [1.82, 2.24) is 10.2 Å². The van der Waals surface area contributed by atoms with Gasteiger partial charge in [0.25, 0.3) is 0 Å². The molecule has 1 unspecified atom stereocenters. The Morgan fingerprint density at radius 2 is 1.75 bits per heavy atom. The Balaban J connectivity index is 2.58. The van der Waals surface area contributed by atoms with E-state index in [1.807, 2.05) is 0 Å². The summed E-state index contributed by atoms with van der Waals surface area (Å²) in [5.41, 5.74) is 4.15. The Bertz CT molecular complexity index is 394. The fourth-order valence-corrected chi connectivity index (χ4v) is 2.95. The number of aryl methyl sites for hydroxylation is 2. The van der Waals surface area contributed by atoms with Crippen LogP contribution >= 0.6 is 0 Å². The Kier molecular flexibility index (Phi) is 7.25. The van der Waals surface area contributed by atoms with E-state index in [1.54, 1.807) is 0 Å². The predicted octanol–water partition coefficient (Wildman–Crippen LogP) is 3.76. The predicted molar refractivity (Wildman–Crippen MR) is 89.2 cm³/mol. The highest BCUT2D eigenvalue weighted by molar-refractivity contribution is 5.30. The number of hydrogen-bond acceptors (Lipinski definition) is 2. The maximum absolute atomic E-state index is 3.66. The highest BCUT2D eigenvalue weighted by Gasteiger charge is 2.19. The van der Waals surface area contributed by atoms with E-state index in [0.717, 1.165) is 19.0 Å². The van der Waals surface area contributed by atoms with Crippen LogP contribution in [-0.4, -0.2) is 31.6 Å². The van der Waals surface area contributed by atoms with E-state index in [-0.39, 0.29) is 0 Å². The van der Waals surface area contributed by atoms with Crippen molar-refractivity contribution < 1.29 is 0 Å². The lowest BCUT2D eigenvalue weighted by molar-refractivity contribution is 0.194. The molecule has 1 aromatic carbocycles. The zero-order valence-corrected chi connectivity index (χ0v) is 14.2. The highest BCUT2D eigenvalue weighted by atomic mass is 15.1. The Hall–Kier alpha value is -0.860. The molecule has 0 fully saturated rings. The van der Waals surface area contributed by atoms with E-state index in [4.69, 9.17) is 0 Å². The quantitative estimate of drug-likeness (QED) is 0.778. The topological polar surface area (TPSA) is 15.3 Å². The van der Waals surface area contributed by atoms with Crippen LogP contribution in [0.2, 0.25) is 0 Å². The van der Waals surface area contributed by atoms with Crippen LogP contribution in [0.5, 0.6) is 0 Å². The van der Waals surface area contributed by atoms with Gasteiger partial charge < -0.3 is 10.2 Å². The van der Waals surface area contributed by atoms with Crippen LogP contribution in [0.1, 0.15) is 43.4 Å². The van der Waals surface area contributed by atoms with E-state index in [9.17, 15) is 0 Å². The van der Waals surface area contributed by atoms with Gasteiger partial charge in [0.2, 0.25) is 0 Å². The molecule has 114 valence electrons. The standard InChI is InChI=1S/C18H32N2/c1-7-16(8-2)18(20(5)6)13-19-12-17-11-14(3)9-10-15(17)4/h9-11,16,18-19H,7-8,12-13H2,1-6H3. The lowest BCUT2D eigenvalue weighted by Crippen LogP contribution is -2.42. The Morgan fingerprint density at radius 3 is 2.30 bits per heavy atom. The maximum Gasteiger partial charge on any atom is 0.0242 e. The monoisotopic (exact) mass is 276 g/mol. The van der Waals surface area contributed by atoms with Crippen molar-refractivity contribution in [2.75, 3.05) is 20.6 Å². The summed E-state index contributed by atoms with van der Waals surface area (Å²) in [6, 6.07) is 7.32. The molecular weight excluding hydrogens is 244 g/mol. The first-order chi connectivity index (χ1) is 9.49. The van der Waals surface area contributed by atoms with Gasteiger partial charge in [-0.25, -0.2) is 0 Å². The molecular formula is C18H32N2. The van der Waals surface area contributed by atoms with Crippen molar-refractivity contribution in [3.8, 4) is 0 Å². The van der Waals surface area contributed by atoms with Gasteiger partial charge in [-0.3, -0.25) is 0 Å². The summed E-state index contributed by atoms with van der Waals surface area (Å²) in [4.78, 5) is 2.37. The summed E-state index contributed by atoms with van der Waals surface area (Å²) < 4.78 is 0. The van der Waals surface area contributed by atoms with Crippen molar-refractivity contribution in [2.24, 2.45) is 5.92 Å². The first kappa shape index (κ1) is 17.2. The van der Waals surface area contributed by atoms with Crippen LogP contribution in [0.25, 0.3) is 0 Å². The minimum atomic E-state index is 0.620. The number of likely N-dealkylation sites (N-methyl/N-ethyl adjacent to an activating group) is 1. The maximum atomic E-state index is 3.66. The molecule has 2 nitrogen and oxygen atoms in total. The number of nitrogens with zero attached hydrogens (tertiary/aromatic N) is 1. The minimum absolute atomic E-state index is 0.620. The van der Waals surface area contributed by atoms with E-state index in [2.05, 4.69) is 70.2 Å². The van der Waals surface area contributed by atoms with Gasteiger partial charge >= 0.3 is 0 Å². The summed E-state index contributed by atoms with van der Waals surface area (Å²) in [5.74, 6) is 0.774.